The van der Waals surface area contributed by atoms with Crippen LogP contribution >= 0.6 is 189 Å². The molecular weight excluding hydrogens is 1960 g/mol. The number of phenols is 1. The third kappa shape index (κ3) is 16.8. The van der Waals surface area contributed by atoms with Gasteiger partial charge in [0.1, 0.15) is 10.8 Å². The lowest BCUT2D eigenvalue weighted by Crippen LogP contribution is -2.25. The molecular formula is C97H61Cl10N5O11S6. The van der Waals surface area contributed by atoms with Crippen molar-refractivity contribution in [2.45, 2.75) is 48.5 Å². The lowest BCUT2D eigenvalue weighted by atomic mass is 9.82. The van der Waals surface area contributed by atoms with Crippen molar-refractivity contribution >= 4 is 293 Å². The largest absolute Gasteiger partial charge is 0.507 e. The van der Waals surface area contributed by atoms with Gasteiger partial charge in [-0.3, -0.25) is 38.4 Å². The maximum atomic E-state index is 12.6. The first-order valence-corrected chi connectivity index (χ1v) is 44.3. The van der Waals surface area contributed by atoms with Gasteiger partial charge in [-0.1, -0.05) is 311 Å². The average molecular weight is 2020 g/mol. The molecule has 7 aliphatic rings. The van der Waals surface area contributed by atoms with E-state index in [1.807, 2.05) is 107 Å². The van der Waals surface area contributed by atoms with E-state index in [9.17, 15) is 53.7 Å². The molecule has 0 radical (unpaired) electrons. The number of carbonyl (C=O) groups is 8. The summed E-state index contributed by atoms with van der Waals surface area (Å²) in [5.41, 5.74) is 47.0. The number of phenolic OH excluding ortho intramolecular Hbond substituents is 1. The Hall–Kier alpha value is -10.7. The van der Waals surface area contributed by atoms with Crippen LogP contribution in [0.4, 0.5) is 28.4 Å². The van der Waals surface area contributed by atoms with Crippen LogP contribution in [0.15, 0.2) is 185 Å². The van der Waals surface area contributed by atoms with Gasteiger partial charge >= 0.3 is 0 Å². The molecule has 0 aliphatic heterocycles. The van der Waals surface area contributed by atoms with Gasteiger partial charge in [0.25, 0.3) is 0 Å². The molecule has 129 heavy (non-hydrogen) atoms. The number of fused-ring (bicyclic) bond motifs is 12. The fraction of sp³-hybridized carbons (Fsp3) is 0.0722. The van der Waals surface area contributed by atoms with Crippen LogP contribution in [0.3, 0.4) is 0 Å². The van der Waals surface area contributed by atoms with E-state index in [-0.39, 0.29) is 77.7 Å². The van der Waals surface area contributed by atoms with E-state index in [1.165, 1.54) is 6.07 Å². The van der Waals surface area contributed by atoms with E-state index < -0.39 is 28.9 Å². The first kappa shape index (κ1) is 95.9. The quantitative estimate of drug-likeness (QED) is 0.0397. The summed E-state index contributed by atoms with van der Waals surface area (Å²) in [5.74, 6) is -4.89. The van der Waals surface area contributed by atoms with Gasteiger partial charge < -0.3 is 44.0 Å². The molecule has 12 aromatic carbocycles. The van der Waals surface area contributed by atoms with E-state index in [4.69, 9.17) is 218 Å². The highest BCUT2D eigenvalue weighted by molar-refractivity contribution is 7.82. The number of aromatic hydroxyl groups is 1. The van der Waals surface area contributed by atoms with E-state index >= 15 is 0 Å². The minimum absolute atomic E-state index is 0.00885. The van der Waals surface area contributed by atoms with Gasteiger partial charge in [-0.15, -0.1) is 0 Å². The summed E-state index contributed by atoms with van der Waals surface area (Å²) in [6.07, 6.45) is 0. The van der Waals surface area contributed by atoms with Gasteiger partial charge in [-0.25, -0.2) is 0 Å². The van der Waals surface area contributed by atoms with Gasteiger partial charge in [-0.2, -0.15) is 0 Å². The number of nitrogen functional groups attached to an aromatic ring is 5. The lowest BCUT2D eigenvalue weighted by Gasteiger charge is -2.22. The first-order valence-electron chi connectivity index (χ1n) is 38.0. The minimum atomic E-state index is -1.00. The Labute approximate surface area is 819 Å². The number of Topliss-reactive ketones (excluding diaryl/α,β-unsaturated/α-hetero) is 3. The summed E-state index contributed by atoms with van der Waals surface area (Å²) in [6, 6.07) is 47.7. The fourth-order valence-corrected chi connectivity index (χ4v) is 20.6. The SMILES string of the molecule is Cc1cc(Cl)c2c(c1Cl)C(=O)c1ccccc1C2=S.Cc1cc(Cl)c2c(c1Cl)C(=O)c1ccccc1C2=S.Cc1cc(Cl)c2c(c1Cl)C(=S)c1ccccc1C2=O.Cc1cc(Cl)c2c(c1Cl)C(=S)c1ccccc1C2=O.Cc1cc(N)c2c(c1N)C(=O)C(O)=C(O)C2=O.Cc1cc(N)c2c(c1N)C(=S)C(Cl)=C(Cl)C2=O.Cc1cc(O)c2c(c1N)C(=O)c1ccccc1C2=S. The molecule has 19 rings (SSSR count). The molecule has 0 fully saturated rings. The van der Waals surface area contributed by atoms with Gasteiger partial charge in [0.05, 0.1) is 119 Å². The maximum absolute atomic E-state index is 12.6. The van der Waals surface area contributed by atoms with Crippen molar-refractivity contribution in [1.82, 2.24) is 0 Å². The predicted molar refractivity (Wildman–Crippen MR) is 541 cm³/mol. The van der Waals surface area contributed by atoms with Crippen LogP contribution in [0.1, 0.15) is 211 Å². The van der Waals surface area contributed by atoms with Crippen LogP contribution in [0, 0.1) is 48.5 Å². The number of aryl methyl sites for hydroxylation is 7. The molecule has 0 saturated carbocycles. The third-order valence-electron chi connectivity index (χ3n) is 21.9. The summed E-state index contributed by atoms with van der Waals surface area (Å²) in [5, 5.41) is 32.3. The fourth-order valence-electron chi connectivity index (χ4n) is 15.3. The Morgan fingerprint density at radius 1 is 0.225 bits per heavy atom. The monoisotopic (exact) mass is 2010 g/mol. The number of hydrogen-bond acceptors (Lipinski definition) is 22. The number of halogens is 10. The molecule has 0 heterocycles. The van der Waals surface area contributed by atoms with E-state index in [0.717, 1.165) is 50.1 Å². The molecule has 0 amide bonds. The van der Waals surface area contributed by atoms with Gasteiger partial charge in [0, 0.05) is 117 Å². The van der Waals surface area contributed by atoms with Crippen molar-refractivity contribution < 1.29 is 53.7 Å². The molecule has 13 N–H and O–H groups in total. The highest BCUT2D eigenvalue weighted by atomic mass is 35.5. The Morgan fingerprint density at radius 2 is 0.457 bits per heavy atom. The smallest absolute Gasteiger partial charge is 0.234 e. The van der Waals surface area contributed by atoms with E-state index in [2.05, 4.69) is 0 Å². The molecule has 0 spiro atoms. The third-order valence-corrected chi connectivity index (χ3v) is 28.5. The van der Waals surface area contributed by atoms with Crippen molar-refractivity contribution in [3.8, 4) is 5.75 Å². The van der Waals surface area contributed by atoms with Crippen molar-refractivity contribution in [3.05, 3.63) is 398 Å². The van der Waals surface area contributed by atoms with Gasteiger partial charge in [-0.05, 0) is 130 Å². The number of benzene rings is 12. The number of anilines is 5. The normalized spacial score (nSPS) is 13.7. The molecule has 0 aromatic heterocycles. The molecule has 0 saturated heterocycles. The molecule has 7 aliphatic carbocycles. The summed E-state index contributed by atoms with van der Waals surface area (Å²) >= 11 is 94.2. The van der Waals surface area contributed by atoms with Crippen LogP contribution in [0.25, 0.3) is 0 Å². The van der Waals surface area contributed by atoms with Crippen LogP contribution in [0.5, 0.6) is 5.75 Å². The maximum Gasteiger partial charge on any atom is 0.234 e. The molecule has 646 valence electrons. The summed E-state index contributed by atoms with van der Waals surface area (Å²) < 4.78 is 0. The Kier molecular flexibility index (Phi) is 28.0. The van der Waals surface area contributed by atoms with Gasteiger partial charge in [0.15, 0.2) is 28.9 Å². The zero-order valence-corrected chi connectivity index (χ0v) is 80.3. The Morgan fingerprint density at radius 3 is 0.783 bits per heavy atom. The number of nitrogens with two attached hydrogens (primary N) is 5. The number of ketones is 8. The highest BCUT2D eigenvalue weighted by Gasteiger charge is 2.41. The summed E-state index contributed by atoms with van der Waals surface area (Å²) in [6.45, 7) is 12.5. The lowest BCUT2D eigenvalue weighted by molar-refractivity contribution is 0.0882. The minimum Gasteiger partial charge on any atom is -0.507 e. The Bertz CT molecular complexity index is 6530. The van der Waals surface area contributed by atoms with Crippen LogP contribution in [-0.2, 0) is 0 Å². The van der Waals surface area contributed by atoms with E-state index in [0.29, 0.717) is 187 Å². The zero-order chi connectivity index (χ0) is 94.5. The summed E-state index contributed by atoms with van der Waals surface area (Å²) in [7, 11) is 0. The van der Waals surface area contributed by atoms with Crippen molar-refractivity contribution in [2.75, 3.05) is 28.7 Å². The summed E-state index contributed by atoms with van der Waals surface area (Å²) in [4.78, 5) is 101. The predicted octanol–water partition coefficient (Wildman–Crippen LogP) is 24.7. The molecule has 0 bridgehead atoms. The molecule has 0 atom stereocenters. The zero-order valence-electron chi connectivity index (χ0n) is 67.8. The highest BCUT2D eigenvalue weighted by Crippen LogP contribution is 2.46. The van der Waals surface area contributed by atoms with Crippen LogP contribution < -0.4 is 28.7 Å². The molecule has 0 unspecified atom stereocenters. The topological polar surface area (TPSA) is 327 Å². The first-order chi connectivity index (χ1) is 60.8. The molecule has 16 nitrogen and oxygen atoms in total. The number of carbonyl (C=O) groups excluding carboxylic acids is 8. The number of hydrogen-bond donors (Lipinski definition) is 8. The van der Waals surface area contributed by atoms with Gasteiger partial charge in [0.2, 0.25) is 28.9 Å². The second-order valence-corrected chi connectivity index (χ2v) is 36.2. The average Bonchev–Trinajstić information content (AvgIpc) is 0.736. The Balaban J connectivity index is 0.000000129. The molecule has 32 heteroatoms. The van der Waals surface area contributed by atoms with Crippen molar-refractivity contribution in [2.24, 2.45) is 0 Å². The standard InChI is InChI=1S/4C15H8Cl2OS.C15H11NO2S.C11H8Cl2N2OS.C11H10N2O4/c2*1-7-6-10(16)11-12(13(7)17)14(18)8-4-2-3-5-9(8)15(11)19;2*1-7-6-10(16)11-12(13(7)17)15(19)9-5-3-2-4-8(9)14(11)18;1-7-6-10(17)11-12(13(7)16)14(18)8-4-2-3-5-9(8)15(11)19;1-3-2-4(14)5-6(9(3)15)11(17)8(13)7(12)10(5)16;1-3-2-4(12)5-6(7(3)13)9(15)11(17)10(16)8(5)14/h4*2-6H,1H3;2-6,17H,16H2,1H3;2H,14-15H2,1H3;2,16-17H,12-13H2,1H3. The number of thiocarbonyl (C=S) groups is 6. The molecule has 12 aromatic rings. The van der Waals surface area contributed by atoms with Crippen LogP contribution in [0.2, 0.25) is 40.2 Å². The second kappa shape index (κ2) is 37.7. The van der Waals surface area contributed by atoms with E-state index in [1.54, 1.807) is 99.6 Å². The number of aliphatic hydroxyl groups is 2. The second-order valence-electron chi connectivity index (χ2n) is 29.9. The van der Waals surface area contributed by atoms with Crippen molar-refractivity contribution in [3.63, 3.8) is 0 Å². The van der Waals surface area contributed by atoms with Crippen molar-refractivity contribution in [1.29, 1.82) is 0 Å². The number of allylic oxidation sites excluding steroid dienone is 4. The van der Waals surface area contributed by atoms with Crippen LogP contribution in [-0.4, -0.2) is 90.8 Å². The number of rotatable bonds is 0. The number of aliphatic hydroxyl groups excluding tert-OH is 2.